The van der Waals surface area contributed by atoms with Crippen LogP contribution in [-0.4, -0.2) is 30.2 Å². The minimum Gasteiger partial charge on any atom is -0.389 e. The second-order valence-electron chi connectivity index (χ2n) is 5.32. The molecule has 4 nitrogen and oxygen atoms in total. The molecule has 0 atom stereocenters. The van der Waals surface area contributed by atoms with Gasteiger partial charge < -0.3 is 16.4 Å². The maximum Gasteiger partial charge on any atom is 0.217 e. The first-order chi connectivity index (χ1) is 10.0. The first kappa shape index (κ1) is 16.1. The average Bonchev–Trinajstić information content (AvgIpc) is 2.46. The van der Waals surface area contributed by atoms with Crippen LogP contribution in [0.5, 0.6) is 0 Å². The Bertz CT molecular complexity index is 540. The number of piperidine rings is 1. The van der Waals surface area contributed by atoms with Crippen molar-refractivity contribution in [3.8, 4) is 0 Å². The number of benzene rings is 1. The quantitative estimate of drug-likeness (QED) is 0.641. The Balaban J connectivity index is 2.17. The molecule has 0 unspecified atom stereocenters. The summed E-state index contributed by atoms with van der Waals surface area (Å²) in [5, 5.41) is 0. The Morgan fingerprint density at radius 2 is 2.05 bits per heavy atom. The van der Waals surface area contributed by atoms with E-state index in [1.165, 1.54) is 0 Å². The summed E-state index contributed by atoms with van der Waals surface area (Å²) in [6.07, 6.45) is 4.47. The van der Waals surface area contributed by atoms with Crippen molar-refractivity contribution < 1.29 is 4.79 Å². The molecule has 0 saturated carbocycles. The second-order valence-corrected chi connectivity index (χ2v) is 6.61. The molecule has 21 heavy (non-hydrogen) atoms. The zero-order valence-electron chi connectivity index (χ0n) is 12.2. The number of hydrogen-bond acceptors (Lipinski definition) is 4. The van der Waals surface area contributed by atoms with Crippen LogP contribution in [0.3, 0.4) is 0 Å². The maximum atomic E-state index is 11.0. The third kappa shape index (κ3) is 3.89. The highest BCUT2D eigenvalue weighted by Crippen LogP contribution is 2.32. The molecule has 114 valence electrons. The van der Waals surface area contributed by atoms with Crippen LogP contribution in [0.2, 0.25) is 0 Å². The van der Waals surface area contributed by atoms with Gasteiger partial charge in [-0.15, -0.1) is 11.8 Å². The number of anilines is 1. The SMILES string of the molecule is CSc1cccc(N2CCC(CC(N)=O)CC2)c1C(N)=S. The predicted octanol–water partition coefficient (Wildman–Crippen LogP) is 2.13. The zero-order valence-corrected chi connectivity index (χ0v) is 13.8. The normalized spacial score (nSPS) is 16.0. The van der Waals surface area contributed by atoms with Gasteiger partial charge in [0, 0.05) is 35.7 Å². The number of nitrogens with two attached hydrogens (primary N) is 2. The van der Waals surface area contributed by atoms with Gasteiger partial charge >= 0.3 is 0 Å². The van der Waals surface area contributed by atoms with E-state index in [-0.39, 0.29) is 5.91 Å². The molecule has 1 amide bonds. The van der Waals surface area contributed by atoms with E-state index in [0.717, 1.165) is 42.1 Å². The molecule has 1 saturated heterocycles. The van der Waals surface area contributed by atoms with E-state index in [1.807, 2.05) is 18.4 Å². The van der Waals surface area contributed by atoms with Gasteiger partial charge in [0.15, 0.2) is 0 Å². The molecule has 1 aliphatic rings. The molecule has 1 aliphatic heterocycles. The number of thiocarbonyl (C=S) groups is 1. The third-order valence-electron chi connectivity index (χ3n) is 3.92. The number of thioether (sulfide) groups is 1. The van der Waals surface area contributed by atoms with Crippen molar-refractivity contribution >= 4 is 40.6 Å². The lowest BCUT2D eigenvalue weighted by Gasteiger charge is -2.34. The van der Waals surface area contributed by atoms with Gasteiger partial charge in [0.2, 0.25) is 5.91 Å². The molecule has 0 aliphatic carbocycles. The fourth-order valence-electron chi connectivity index (χ4n) is 2.86. The van der Waals surface area contributed by atoms with Crippen molar-refractivity contribution in [1.29, 1.82) is 0 Å². The summed E-state index contributed by atoms with van der Waals surface area (Å²) in [5.41, 5.74) is 13.3. The van der Waals surface area contributed by atoms with Gasteiger partial charge in [0.25, 0.3) is 0 Å². The van der Waals surface area contributed by atoms with Gasteiger partial charge in [0.1, 0.15) is 4.99 Å². The molecule has 0 aromatic heterocycles. The van der Waals surface area contributed by atoms with Gasteiger partial charge in [-0.3, -0.25) is 4.79 Å². The lowest BCUT2D eigenvalue weighted by atomic mass is 9.92. The molecule has 1 aromatic rings. The Morgan fingerprint density at radius 1 is 1.38 bits per heavy atom. The lowest BCUT2D eigenvalue weighted by Crippen LogP contribution is -2.36. The summed E-state index contributed by atoms with van der Waals surface area (Å²) in [6, 6.07) is 6.16. The largest absolute Gasteiger partial charge is 0.389 e. The molecule has 1 aromatic carbocycles. The van der Waals surface area contributed by atoms with Crippen LogP contribution in [0.1, 0.15) is 24.8 Å². The predicted molar refractivity (Wildman–Crippen MR) is 92.9 cm³/mol. The molecule has 4 N–H and O–H groups in total. The van der Waals surface area contributed by atoms with Crippen LogP contribution in [0.4, 0.5) is 5.69 Å². The highest BCUT2D eigenvalue weighted by atomic mass is 32.2. The topological polar surface area (TPSA) is 72.3 Å². The van der Waals surface area contributed by atoms with Crippen molar-refractivity contribution in [3.63, 3.8) is 0 Å². The first-order valence-corrected chi connectivity index (χ1v) is 8.66. The summed E-state index contributed by atoms with van der Waals surface area (Å²) in [6.45, 7) is 1.82. The molecule has 1 heterocycles. The average molecular weight is 323 g/mol. The number of hydrogen-bond donors (Lipinski definition) is 2. The summed E-state index contributed by atoms with van der Waals surface area (Å²) < 4.78 is 0. The minimum absolute atomic E-state index is 0.207. The molecule has 6 heteroatoms. The van der Waals surface area contributed by atoms with Crippen molar-refractivity contribution in [3.05, 3.63) is 23.8 Å². The van der Waals surface area contributed by atoms with Gasteiger partial charge in [0.05, 0.1) is 0 Å². The van der Waals surface area contributed by atoms with Crippen molar-refractivity contribution in [2.45, 2.75) is 24.2 Å². The molecule has 2 rings (SSSR count). The van der Waals surface area contributed by atoms with Crippen molar-refractivity contribution in [1.82, 2.24) is 0 Å². The van der Waals surface area contributed by atoms with E-state index in [1.54, 1.807) is 11.8 Å². The van der Waals surface area contributed by atoms with E-state index in [9.17, 15) is 4.79 Å². The van der Waals surface area contributed by atoms with Crippen LogP contribution in [-0.2, 0) is 4.79 Å². The molecular weight excluding hydrogens is 302 g/mol. The Kier molecular flexibility index (Phi) is 5.47. The number of rotatable bonds is 5. The lowest BCUT2D eigenvalue weighted by molar-refractivity contribution is -0.119. The van der Waals surface area contributed by atoms with Gasteiger partial charge in [-0.2, -0.15) is 0 Å². The second kappa shape index (κ2) is 7.13. The van der Waals surface area contributed by atoms with Crippen LogP contribution in [0.25, 0.3) is 0 Å². The molecule has 0 spiro atoms. The number of primary amides is 1. The smallest absolute Gasteiger partial charge is 0.217 e. The highest BCUT2D eigenvalue weighted by Gasteiger charge is 2.23. The standard InChI is InChI=1S/C15H21N3OS2/c1-21-12-4-2-3-11(14(12)15(17)20)18-7-5-10(6-8-18)9-13(16)19/h2-4,10H,5-9H2,1H3,(H2,16,19)(H2,17,20). The van der Waals surface area contributed by atoms with Gasteiger partial charge in [-0.25, -0.2) is 0 Å². The fraction of sp³-hybridized carbons (Fsp3) is 0.467. The Morgan fingerprint density at radius 3 is 2.57 bits per heavy atom. The maximum absolute atomic E-state index is 11.0. The number of carbonyl (C=O) groups excluding carboxylic acids is 1. The van der Waals surface area contributed by atoms with Crippen molar-refractivity contribution in [2.75, 3.05) is 24.2 Å². The van der Waals surface area contributed by atoms with Crippen LogP contribution in [0.15, 0.2) is 23.1 Å². The van der Waals surface area contributed by atoms with E-state index >= 15 is 0 Å². The Labute approximate surface area is 135 Å². The summed E-state index contributed by atoms with van der Waals surface area (Å²) in [4.78, 5) is 14.9. The number of amides is 1. The van der Waals surface area contributed by atoms with Gasteiger partial charge in [-0.05, 0) is 37.1 Å². The monoisotopic (exact) mass is 323 g/mol. The molecule has 0 radical (unpaired) electrons. The van der Waals surface area contributed by atoms with Gasteiger partial charge in [-0.1, -0.05) is 18.3 Å². The molecule has 0 bridgehead atoms. The first-order valence-electron chi connectivity index (χ1n) is 7.03. The summed E-state index contributed by atoms with van der Waals surface area (Å²) in [5.74, 6) is 0.192. The summed E-state index contributed by atoms with van der Waals surface area (Å²) in [7, 11) is 0. The molecular formula is C15H21N3OS2. The van der Waals surface area contributed by atoms with E-state index in [0.29, 0.717) is 17.3 Å². The van der Waals surface area contributed by atoms with Crippen molar-refractivity contribution in [2.24, 2.45) is 17.4 Å². The minimum atomic E-state index is -0.207. The highest BCUT2D eigenvalue weighted by molar-refractivity contribution is 7.98. The van der Waals surface area contributed by atoms with Crippen LogP contribution < -0.4 is 16.4 Å². The number of carbonyl (C=O) groups is 1. The number of nitrogens with zero attached hydrogens (tertiary/aromatic N) is 1. The van der Waals surface area contributed by atoms with Crippen LogP contribution in [0, 0.1) is 5.92 Å². The van der Waals surface area contributed by atoms with E-state index < -0.39 is 0 Å². The molecule has 1 fully saturated rings. The van der Waals surface area contributed by atoms with Crippen LogP contribution >= 0.6 is 24.0 Å². The Hall–Kier alpha value is -1.27. The fourth-order valence-corrected chi connectivity index (χ4v) is 3.78. The zero-order chi connectivity index (χ0) is 15.4. The third-order valence-corrected chi connectivity index (χ3v) is 4.90. The van der Waals surface area contributed by atoms with E-state index in [4.69, 9.17) is 23.7 Å². The van der Waals surface area contributed by atoms with E-state index in [2.05, 4.69) is 11.0 Å². The summed E-state index contributed by atoms with van der Waals surface area (Å²) >= 11 is 6.89.